The molecule has 1 aromatic carbocycles. The molecule has 112 valence electrons. The Hall–Kier alpha value is -1.86. The van der Waals surface area contributed by atoms with Crippen molar-refractivity contribution in [3.63, 3.8) is 0 Å². The number of aryl methyl sites for hydroxylation is 2. The molecular weight excluding hydrogens is 308 g/mol. The van der Waals surface area contributed by atoms with Gasteiger partial charge in [0.15, 0.2) is 0 Å². The molecule has 5 nitrogen and oxygen atoms in total. The van der Waals surface area contributed by atoms with Crippen molar-refractivity contribution >= 4 is 38.6 Å². The Balaban J connectivity index is 2.28. The van der Waals surface area contributed by atoms with Gasteiger partial charge < -0.3 is 5.32 Å². The lowest BCUT2D eigenvalue weighted by Gasteiger charge is -2.11. The van der Waals surface area contributed by atoms with Gasteiger partial charge >= 0.3 is 0 Å². The second-order valence-electron chi connectivity index (χ2n) is 4.70. The van der Waals surface area contributed by atoms with Crippen molar-refractivity contribution in [1.82, 2.24) is 0 Å². The van der Waals surface area contributed by atoms with Crippen LogP contribution in [0.25, 0.3) is 0 Å². The van der Waals surface area contributed by atoms with Crippen LogP contribution in [0.1, 0.15) is 20.1 Å². The van der Waals surface area contributed by atoms with E-state index in [4.69, 9.17) is 0 Å². The molecule has 1 amide bonds. The highest BCUT2D eigenvalue weighted by molar-refractivity contribution is 7.92. The number of thiophene rings is 1. The highest BCUT2D eigenvalue weighted by Gasteiger charge is 2.14. The molecule has 2 N–H and O–H groups in total. The lowest BCUT2D eigenvalue weighted by molar-refractivity contribution is 0.102. The Labute approximate surface area is 128 Å². The van der Waals surface area contributed by atoms with Gasteiger partial charge in [-0.05, 0) is 32.0 Å². The fourth-order valence-corrected chi connectivity index (χ4v) is 3.43. The first-order valence-corrected chi connectivity index (χ1v) is 8.92. The lowest BCUT2D eigenvalue weighted by atomic mass is 10.2. The third kappa shape index (κ3) is 4.05. The Morgan fingerprint density at radius 3 is 2.29 bits per heavy atom. The summed E-state index contributed by atoms with van der Waals surface area (Å²) in [4.78, 5) is 14.3. The second kappa shape index (κ2) is 5.87. The molecule has 1 aromatic heterocycles. The quantitative estimate of drug-likeness (QED) is 0.908. The number of hydrogen-bond acceptors (Lipinski definition) is 4. The first-order valence-electron chi connectivity index (χ1n) is 6.21. The summed E-state index contributed by atoms with van der Waals surface area (Å²) in [6, 6.07) is 8.50. The monoisotopic (exact) mass is 324 g/mol. The minimum atomic E-state index is -3.40. The van der Waals surface area contributed by atoms with Crippen molar-refractivity contribution in [3.05, 3.63) is 45.6 Å². The van der Waals surface area contributed by atoms with Crippen LogP contribution < -0.4 is 10.0 Å². The van der Waals surface area contributed by atoms with Gasteiger partial charge in [0.05, 0.1) is 23.2 Å². The Morgan fingerprint density at radius 1 is 1.14 bits per heavy atom. The van der Waals surface area contributed by atoms with E-state index in [9.17, 15) is 13.2 Å². The zero-order valence-corrected chi connectivity index (χ0v) is 13.6. The van der Waals surface area contributed by atoms with Gasteiger partial charge in [-0.15, -0.1) is 11.3 Å². The highest BCUT2D eigenvalue weighted by Crippen LogP contribution is 2.25. The van der Waals surface area contributed by atoms with Crippen LogP contribution in [0.15, 0.2) is 30.3 Å². The molecule has 0 saturated heterocycles. The molecule has 0 radical (unpaired) electrons. The maximum absolute atomic E-state index is 12.3. The molecule has 0 fully saturated rings. The van der Waals surface area contributed by atoms with Crippen LogP contribution in [0.2, 0.25) is 0 Å². The number of hydrogen-bond donors (Lipinski definition) is 2. The number of benzene rings is 1. The van der Waals surface area contributed by atoms with E-state index in [2.05, 4.69) is 10.0 Å². The number of amides is 1. The maximum atomic E-state index is 12.3. The summed E-state index contributed by atoms with van der Waals surface area (Å²) in [6.45, 7) is 3.82. The number of nitrogens with one attached hydrogen (secondary N) is 2. The molecule has 1 heterocycles. The molecule has 0 spiro atoms. The number of carbonyl (C=O) groups is 1. The molecule has 0 unspecified atom stereocenters. The summed E-state index contributed by atoms with van der Waals surface area (Å²) in [6.07, 6.45) is 1.07. The average Bonchev–Trinajstić information content (AvgIpc) is 2.69. The van der Waals surface area contributed by atoms with E-state index in [1.165, 1.54) is 0 Å². The number of carbonyl (C=O) groups excluding carboxylic acids is 1. The minimum absolute atomic E-state index is 0.250. The van der Waals surface area contributed by atoms with Crippen LogP contribution in [0.4, 0.5) is 11.4 Å². The van der Waals surface area contributed by atoms with Crippen molar-refractivity contribution in [2.45, 2.75) is 13.8 Å². The van der Waals surface area contributed by atoms with Gasteiger partial charge in [-0.25, -0.2) is 8.42 Å². The van der Waals surface area contributed by atoms with Crippen LogP contribution in [0, 0.1) is 13.8 Å². The van der Waals surface area contributed by atoms with Gasteiger partial charge in [0.25, 0.3) is 5.91 Å². The van der Waals surface area contributed by atoms with Gasteiger partial charge in [-0.1, -0.05) is 12.1 Å². The molecule has 0 saturated carbocycles. The predicted octanol–water partition coefficient (Wildman–Crippen LogP) is 2.99. The number of rotatable bonds is 4. The second-order valence-corrected chi connectivity index (χ2v) is 7.91. The molecule has 0 aliphatic rings. The lowest BCUT2D eigenvalue weighted by Crippen LogP contribution is -2.16. The summed E-state index contributed by atoms with van der Waals surface area (Å²) < 4.78 is 25.1. The molecule has 2 rings (SSSR count). The number of sulfonamides is 1. The molecule has 0 aliphatic heterocycles. The normalized spacial score (nSPS) is 11.2. The van der Waals surface area contributed by atoms with Crippen molar-refractivity contribution in [2.75, 3.05) is 16.3 Å². The van der Waals surface area contributed by atoms with Gasteiger partial charge in [-0.3, -0.25) is 9.52 Å². The Morgan fingerprint density at radius 2 is 1.76 bits per heavy atom. The van der Waals surface area contributed by atoms with Crippen LogP contribution in [-0.4, -0.2) is 20.6 Å². The molecule has 7 heteroatoms. The third-order valence-electron chi connectivity index (χ3n) is 2.76. The fraction of sp³-hybridized carbons (Fsp3) is 0.214. The zero-order chi connectivity index (χ0) is 15.6. The first kappa shape index (κ1) is 15.5. The largest absolute Gasteiger partial charge is 0.320 e. The summed E-state index contributed by atoms with van der Waals surface area (Å²) in [5, 5.41) is 2.74. The van der Waals surface area contributed by atoms with Crippen molar-refractivity contribution in [2.24, 2.45) is 0 Å². The molecule has 0 bridgehead atoms. The van der Waals surface area contributed by atoms with Gasteiger partial charge in [0, 0.05) is 9.75 Å². The average molecular weight is 324 g/mol. The van der Waals surface area contributed by atoms with E-state index in [0.29, 0.717) is 16.9 Å². The van der Waals surface area contributed by atoms with Crippen LogP contribution in [0.3, 0.4) is 0 Å². The fourth-order valence-electron chi connectivity index (χ4n) is 1.93. The van der Waals surface area contributed by atoms with Crippen LogP contribution >= 0.6 is 11.3 Å². The molecule has 21 heavy (non-hydrogen) atoms. The molecule has 0 aliphatic carbocycles. The summed E-state index contributed by atoms with van der Waals surface area (Å²) in [5.41, 5.74) is 1.38. The van der Waals surface area contributed by atoms with E-state index in [1.54, 1.807) is 35.6 Å². The molecule has 0 atom stereocenters. The Bertz CT molecular complexity index is 779. The van der Waals surface area contributed by atoms with Gasteiger partial charge in [0.2, 0.25) is 10.0 Å². The first-order chi connectivity index (χ1) is 9.76. The number of para-hydroxylation sites is 2. The van der Waals surface area contributed by atoms with Crippen molar-refractivity contribution < 1.29 is 13.2 Å². The van der Waals surface area contributed by atoms with Crippen LogP contribution in [-0.2, 0) is 10.0 Å². The molecular formula is C14H16N2O3S2. The van der Waals surface area contributed by atoms with E-state index in [1.807, 2.05) is 19.9 Å². The number of anilines is 2. The maximum Gasteiger partial charge on any atom is 0.256 e. The Kier molecular flexibility index (Phi) is 4.34. The van der Waals surface area contributed by atoms with Crippen LogP contribution in [0.5, 0.6) is 0 Å². The van der Waals surface area contributed by atoms with E-state index in [-0.39, 0.29) is 5.91 Å². The topological polar surface area (TPSA) is 75.3 Å². The SMILES string of the molecule is Cc1cc(C(=O)Nc2ccccc2NS(C)(=O)=O)c(C)s1. The van der Waals surface area contributed by atoms with Gasteiger partial charge in [-0.2, -0.15) is 0 Å². The summed E-state index contributed by atoms with van der Waals surface area (Å²) in [7, 11) is -3.40. The van der Waals surface area contributed by atoms with Crippen molar-refractivity contribution in [3.8, 4) is 0 Å². The molecule has 2 aromatic rings. The van der Waals surface area contributed by atoms with E-state index >= 15 is 0 Å². The highest BCUT2D eigenvalue weighted by atomic mass is 32.2. The van der Waals surface area contributed by atoms with Crippen molar-refractivity contribution in [1.29, 1.82) is 0 Å². The standard InChI is InChI=1S/C14H16N2O3S2/c1-9-8-11(10(2)20-9)14(17)15-12-6-4-5-7-13(12)16-21(3,18)19/h4-8,16H,1-3H3,(H,15,17). The summed E-state index contributed by atoms with van der Waals surface area (Å²) >= 11 is 1.55. The smallest absolute Gasteiger partial charge is 0.256 e. The van der Waals surface area contributed by atoms with E-state index < -0.39 is 10.0 Å². The van der Waals surface area contributed by atoms with Gasteiger partial charge in [0.1, 0.15) is 0 Å². The third-order valence-corrected chi connectivity index (χ3v) is 4.31. The zero-order valence-electron chi connectivity index (χ0n) is 11.9. The predicted molar refractivity (Wildman–Crippen MR) is 86.7 cm³/mol. The minimum Gasteiger partial charge on any atom is -0.320 e. The summed E-state index contributed by atoms with van der Waals surface area (Å²) in [5.74, 6) is -0.250. The van der Waals surface area contributed by atoms with E-state index in [0.717, 1.165) is 16.0 Å².